The lowest BCUT2D eigenvalue weighted by Gasteiger charge is -2.05. The molecule has 0 amide bonds. The third-order valence-corrected chi connectivity index (χ3v) is 4.09. The van der Waals surface area contributed by atoms with Gasteiger partial charge in [0.15, 0.2) is 0 Å². The first-order chi connectivity index (χ1) is 8.25. The van der Waals surface area contributed by atoms with E-state index in [1.807, 2.05) is 6.92 Å². The monoisotopic (exact) mass is 244 g/mol. The Kier molecular flexibility index (Phi) is 2.73. The van der Waals surface area contributed by atoms with Crippen molar-refractivity contribution in [2.75, 3.05) is 0 Å². The van der Waals surface area contributed by atoms with E-state index in [9.17, 15) is 0 Å². The Hall–Kier alpha value is -1.19. The number of aromatic nitrogens is 1. The smallest absolute Gasteiger partial charge is 0.123 e. The van der Waals surface area contributed by atoms with Crippen LogP contribution in [0.1, 0.15) is 43.0 Å². The van der Waals surface area contributed by atoms with Gasteiger partial charge in [0, 0.05) is 17.0 Å². The number of rotatable bonds is 3. The summed E-state index contributed by atoms with van der Waals surface area (Å²) < 4.78 is 0. The molecule has 1 saturated carbocycles. The largest absolute Gasteiger partial charge is 0.323 e. The van der Waals surface area contributed by atoms with E-state index in [1.54, 1.807) is 11.3 Å². The molecule has 0 radical (unpaired) electrons. The molecular weight excluding hydrogens is 228 g/mol. The van der Waals surface area contributed by atoms with Crippen LogP contribution in [-0.4, -0.2) is 4.98 Å². The average Bonchev–Trinajstić information content (AvgIpc) is 3.06. The summed E-state index contributed by atoms with van der Waals surface area (Å²) in [6.45, 7) is 1.98. The minimum absolute atomic E-state index is 0.0214. The van der Waals surface area contributed by atoms with Gasteiger partial charge in [-0.2, -0.15) is 0 Å². The molecule has 17 heavy (non-hydrogen) atoms. The van der Waals surface area contributed by atoms with Gasteiger partial charge < -0.3 is 5.73 Å². The van der Waals surface area contributed by atoms with E-state index in [0.29, 0.717) is 0 Å². The van der Waals surface area contributed by atoms with Gasteiger partial charge in [-0.3, -0.25) is 0 Å². The summed E-state index contributed by atoms with van der Waals surface area (Å²) in [4.78, 5) is 4.64. The predicted octanol–water partition coefficient (Wildman–Crippen LogP) is 3.71. The zero-order chi connectivity index (χ0) is 11.8. The van der Waals surface area contributed by atoms with Crippen molar-refractivity contribution >= 4 is 11.3 Å². The lowest BCUT2D eigenvalue weighted by Crippen LogP contribution is -2.04. The molecule has 88 valence electrons. The Labute approximate surface area is 106 Å². The van der Waals surface area contributed by atoms with Crippen molar-refractivity contribution in [1.82, 2.24) is 4.98 Å². The molecule has 2 nitrogen and oxygen atoms in total. The summed E-state index contributed by atoms with van der Waals surface area (Å²) in [7, 11) is 0. The summed E-state index contributed by atoms with van der Waals surface area (Å²) in [6, 6.07) is 8.65. The highest BCUT2D eigenvalue weighted by molar-refractivity contribution is 7.13. The van der Waals surface area contributed by atoms with Crippen molar-refractivity contribution in [3.05, 3.63) is 40.9 Å². The fourth-order valence-electron chi connectivity index (χ4n) is 2.06. The van der Waals surface area contributed by atoms with E-state index in [0.717, 1.165) is 16.6 Å². The Morgan fingerprint density at radius 2 is 2.12 bits per heavy atom. The molecular formula is C14H16N2S. The number of benzene rings is 1. The molecule has 2 aromatic rings. The van der Waals surface area contributed by atoms with Crippen LogP contribution < -0.4 is 5.73 Å². The molecule has 3 rings (SSSR count). The second-order valence-corrected chi connectivity index (χ2v) is 5.59. The molecule has 1 heterocycles. The lowest BCUT2D eigenvalue weighted by atomic mass is 10.0. The van der Waals surface area contributed by atoms with Crippen molar-refractivity contribution in [1.29, 1.82) is 0 Å². The fourth-order valence-corrected chi connectivity index (χ4v) is 3.03. The van der Waals surface area contributed by atoms with Crippen molar-refractivity contribution in [2.24, 2.45) is 5.73 Å². The van der Waals surface area contributed by atoms with Crippen molar-refractivity contribution in [3.8, 4) is 10.6 Å². The van der Waals surface area contributed by atoms with Crippen molar-refractivity contribution in [2.45, 2.75) is 31.7 Å². The third kappa shape index (κ3) is 2.13. The van der Waals surface area contributed by atoms with Crippen LogP contribution in [0, 0.1) is 0 Å². The predicted molar refractivity (Wildman–Crippen MR) is 72.1 cm³/mol. The van der Waals surface area contributed by atoms with E-state index in [1.165, 1.54) is 24.0 Å². The molecule has 1 aliphatic carbocycles. The minimum atomic E-state index is 0.0214. The second kappa shape index (κ2) is 4.24. The first kappa shape index (κ1) is 10.9. The Morgan fingerprint density at radius 1 is 1.35 bits per heavy atom. The van der Waals surface area contributed by atoms with Crippen LogP contribution in [0.5, 0.6) is 0 Å². The number of hydrogen-bond donors (Lipinski definition) is 1. The molecule has 0 bridgehead atoms. The van der Waals surface area contributed by atoms with Gasteiger partial charge in [0.1, 0.15) is 5.01 Å². The normalized spacial score (nSPS) is 17.1. The van der Waals surface area contributed by atoms with E-state index in [-0.39, 0.29) is 6.04 Å². The van der Waals surface area contributed by atoms with Crippen molar-refractivity contribution < 1.29 is 0 Å². The van der Waals surface area contributed by atoms with Crippen LogP contribution in [0.3, 0.4) is 0 Å². The first-order valence-corrected chi connectivity index (χ1v) is 6.94. The summed E-state index contributed by atoms with van der Waals surface area (Å²) in [5.41, 5.74) is 9.61. The van der Waals surface area contributed by atoms with Crippen LogP contribution >= 0.6 is 11.3 Å². The Morgan fingerprint density at radius 3 is 2.76 bits per heavy atom. The van der Waals surface area contributed by atoms with Gasteiger partial charge in [0.25, 0.3) is 0 Å². The Balaban J connectivity index is 2.02. The molecule has 1 atom stereocenters. The van der Waals surface area contributed by atoms with Gasteiger partial charge in [0.05, 0.1) is 5.69 Å². The van der Waals surface area contributed by atoms with Gasteiger partial charge >= 0.3 is 0 Å². The zero-order valence-corrected chi connectivity index (χ0v) is 10.7. The molecule has 3 heteroatoms. The summed E-state index contributed by atoms with van der Waals surface area (Å²) >= 11 is 1.70. The highest BCUT2D eigenvalue weighted by Gasteiger charge is 2.26. The highest BCUT2D eigenvalue weighted by atomic mass is 32.1. The van der Waals surface area contributed by atoms with Gasteiger partial charge in [-0.15, -0.1) is 11.3 Å². The van der Waals surface area contributed by atoms with Crippen LogP contribution in [0.2, 0.25) is 0 Å². The minimum Gasteiger partial charge on any atom is -0.323 e. The lowest BCUT2D eigenvalue weighted by molar-refractivity contribution is 0.790. The Bertz CT molecular complexity index is 527. The molecule has 1 aliphatic rings. The molecule has 0 aliphatic heterocycles. The fraction of sp³-hybridized carbons (Fsp3) is 0.357. The zero-order valence-electron chi connectivity index (χ0n) is 9.89. The van der Waals surface area contributed by atoms with Crippen LogP contribution in [0.15, 0.2) is 29.6 Å². The molecule has 1 unspecified atom stereocenters. The van der Waals surface area contributed by atoms with Gasteiger partial charge in [-0.25, -0.2) is 4.98 Å². The highest BCUT2D eigenvalue weighted by Crippen LogP contribution is 2.44. The van der Waals surface area contributed by atoms with Gasteiger partial charge in [0.2, 0.25) is 0 Å². The van der Waals surface area contributed by atoms with E-state index in [2.05, 4.69) is 34.6 Å². The van der Waals surface area contributed by atoms with E-state index >= 15 is 0 Å². The second-order valence-electron chi connectivity index (χ2n) is 4.73. The van der Waals surface area contributed by atoms with Gasteiger partial charge in [-0.1, -0.05) is 24.3 Å². The number of nitrogens with zero attached hydrogens (tertiary/aromatic N) is 1. The quantitative estimate of drug-likeness (QED) is 0.894. The van der Waals surface area contributed by atoms with Crippen LogP contribution in [0.25, 0.3) is 10.6 Å². The summed E-state index contributed by atoms with van der Waals surface area (Å²) in [5, 5.41) is 3.18. The summed E-state index contributed by atoms with van der Waals surface area (Å²) in [5.74, 6) is 0.758. The van der Waals surface area contributed by atoms with E-state index in [4.69, 9.17) is 5.73 Å². The van der Waals surface area contributed by atoms with Crippen molar-refractivity contribution in [3.63, 3.8) is 0 Å². The molecule has 2 N–H and O–H groups in total. The molecule has 1 aromatic heterocycles. The number of hydrogen-bond acceptors (Lipinski definition) is 3. The summed E-state index contributed by atoms with van der Waals surface area (Å²) in [6.07, 6.45) is 2.64. The molecule has 0 spiro atoms. The third-order valence-electron chi connectivity index (χ3n) is 3.20. The number of thiazole rings is 1. The maximum Gasteiger partial charge on any atom is 0.123 e. The van der Waals surface area contributed by atoms with E-state index < -0.39 is 0 Å². The molecule has 1 fully saturated rings. The maximum absolute atomic E-state index is 5.86. The number of nitrogens with two attached hydrogens (primary N) is 1. The van der Waals surface area contributed by atoms with Gasteiger partial charge in [-0.05, 0) is 31.2 Å². The SMILES string of the molecule is CC(N)c1csc(-c2ccccc2C2CC2)n1. The topological polar surface area (TPSA) is 38.9 Å². The standard InChI is InChI=1S/C14H16N2S/c1-9(15)13-8-17-14(16-13)12-5-3-2-4-11(12)10-6-7-10/h2-5,8-10H,6-7,15H2,1H3. The van der Waals surface area contributed by atoms with Crippen LogP contribution in [0.4, 0.5) is 0 Å². The van der Waals surface area contributed by atoms with Crippen LogP contribution in [-0.2, 0) is 0 Å². The molecule has 0 saturated heterocycles. The first-order valence-electron chi connectivity index (χ1n) is 6.06. The molecule has 1 aromatic carbocycles. The average molecular weight is 244 g/mol. The maximum atomic E-state index is 5.86.